The normalized spacial score (nSPS) is 24.1. The van der Waals surface area contributed by atoms with E-state index >= 15 is 0 Å². The molecular weight excluding hydrogens is 263 g/mol. The molecule has 0 aromatic carbocycles. The molecule has 7 heteroatoms. The number of ether oxygens (including phenoxy) is 1. The summed E-state index contributed by atoms with van der Waals surface area (Å²) in [5.41, 5.74) is 0. The summed E-state index contributed by atoms with van der Waals surface area (Å²) in [6, 6.07) is 2.12. The van der Waals surface area contributed by atoms with Crippen LogP contribution in [0.2, 0.25) is 10.3 Å². The molecule has 90 valence electrons. The fourth-order valence-corrected chi connectivity index (χ4v) is 1.94. The van der Waals surface area contributed by atoms with Gasteiger partial charge in [-0.2, -0.15) is 10.2 Å². The van der Waals surface area contributed by atoms with Crippen LogP contribution in [-0.2, 0) is 4.74 Å². The Balaban J connectivity index is 2.14. The van der Waals surface area contributed by atoms with Crippen molar-refractivity contribution in [2.24, 2.45) is 5.92 Å². The van der Waals surface area contributed by atoms with Crippen molar-refractivity contribution in [3.8, 4) is 6.07 Å². The van der Waals surface area contributed by atoms with Crippen molar-refractivity contribution >= 4 is 29.0 Å². The molecule has 0 unspecified atom stereocenters. The van der Waals surface area contributed by atoms with Crippen molar-refractivity contribution in [2.45, 2.75) is 12.5 Å². The Morgan fingerprint density at radius 1 is 1.53 bits per heavy atom. The average Bonchev–Trinajstić information content (AvgIpc) is 2.34. The minimum atomic E-state index is -0.128. The van der Waals surface area contributed by atoms with Crippen molar-refractivity contribution in [2.75, 3.05) is 18.5 Å². The van der Waals surface area contributed by atoms with Gasteiger partial charge in [-0.3, -0.25) is 0 Å². The van der Waals surface area contributed by atoms with Crippen LogP contribution < -0.4 is 5.32 Å². The van der Waals surface area contributed by atoms with Crippen molar-refractivity contribution in [3.63, 3.8) is 0 Å². The summed E-state index contributed by atoms with van der Waals surface area (Å²) in [5.74, 6) is 0.316. The van der Waals surface area contributed by atoms with Gasteiger partial charge in [0.25, 0.3) is 0 Å². The fraction of sp³-hybridized carbons (Fsp3) is 0.500. The number of anilines is 1. The maximum atomic E-state index is 9.03. The van der Waals surface area contributed by atoms with Gasteiger partial charge in [0.1, 0.15) is 10.8 Å². The Labute approximate surface area is 109 Å². The Morgan fingerprint density at radius 2 is 2.35 bits per heavy atom. The average molecular weight is 273 g/mol. The third kappa shape index (κ3) is 2.97. The van der Waals surface area contributed by atoms with Crippen molar-refractivity contribution < 1.29 is 4.74 Å². The number of hydrogen-bond donors (Lipinski definition) is 1. The van der Waals surface area contributed by atoms with Crippen LogP contribution in [0, 0.1) is 17.2 Å². The summed E-state index contributed by atoms with van der Waals surface area (Å²) in [7, 11) is 0. The van der Waals surface area contributed by atoms with Crippen LogP contribution in [0.25, 0.3) is 0 Å². The van der Waals surface area contributed by atoms with E-state index in [1.165, 1.54) is 6.20 Å². The van der Waals surface area contributed by atoms with E-state index in [1.807, 2.05) is 0 Å². The largest absolute Gasteiger partial charge is 0.379 e. The van der Waals surface area contributed by atoms with Crippen LogP contribution in [-0.4, -0.2) is 29.2 Å². The number of nitrogens with one attached hydrogen (secondary N) is 1. The quantitative estimate of drug-likeness (QED) is 0.836. The lowest BCUT2D eigenvalue weighted by Gasteiger charge is -2.28. The van der Waals surface area contributed by atoms with Gasteiger partial charge in [0, 0.05) is 6.61 Å². The first kappa shape index (κ1) is 12.4. The topological polar surface area (TPSA) is 70.8 Å². The zero-order valence-electron chi connectivity index (χ0n) is 8.86. The molecule has 0 amide bonds. The highest BCUT2D eigenvalue weighted by Gasteiger charge is 2.26. The minimum absolute atomic E-state index is 0.113. The molecule has 0 spiro atoms. The van der Waals surface area contributed by atoms with E-state index in [-0.39, 0.29) is 17.2 Å². The predicted octanol–water partition coefficient (Wildman–Crippen LogP) is 2.12. The first-order chi connectivity index (χ1) is 8.20. The molecule has 1 aromatic rings. The zero-order chi connectivity index (χ0) is 12.3. The molecule has 1 N–H and O–H groups in total. The number of nitriles is 1. The highest BCUT2D eigenvalue weighted by molar-refractivity contribution is 6.33. The first-order valence-electron chi connectivity index (χ1n) is 5.12. The molecule has 0 saturated carbocycles. The van der Waals surface area contributed by atoms with Gasteiger partial charge in [0.05, 0.1) is 30.8 Å². The van der Waals surface area contributed by atoms with E-state index in [0.29, 0.717) is 30.5 Å². The van der Waals surface area contributed by atoms with Gasteiger partial charge in [-0.05, 0) is 18.0 Å². The second kappa shape index (κ2) is 5.50. The summed E-state index contributed by atoms with van der Waals surface area (Å²) in [6.45, 7) is 1.06. The van der Waals surface area contributed by atoms with Crippen molar-refractivity contribution in [1.82, 2.24) is 9.97 Å². The Hall–Kier alpha value is -1.09. The maximum Gasteiger partial charge on any atom is 0.224 e. The minimum Gasteiger partial charge on any atom is -0.379 e. The molecule has 5 nitrogen and oxygen atoms in total. The summed E-state index contributed by atoms with van der Waals surface area (Å²) >= 11 is 11.6. The van der Waals surface area contributed by atoms with E-state index in [1.54, 1.807) is 0 Å². The molecule has 17 heavy (non-hydrogen) atoms. The van der Waals surface area contributed by atoms with Crippen LogP contribution in [0.1, 0.15) is 6.42 Å². The summed E-state index contributed by atoms with van der Waals surface area (Å²) < 4.78 is 5.32. The molecule has 1 aromatic heterocycles. The van der Waals surface area contributed by atoms with Crippen LogP contribution >= 0.6 is 23.2 Å². The highest BCUT2D eigenvalue weighted by atomic mass is 35.5. The lowest BCUT2D eigenvalue weighted by molar-refractivity contribution is 0.0698. The molecule has 0 aliphatic carbocycles. The van der Waals surface area contributed by atoms with E-state index in [0.717, 1.165) is 0 Å². The highest BCUT2D eigenvalue weighted by Crippen LogP contribution is 2.24. The van der Waals surface area contributed by atoms with Gasteiger partial charge in [0.15, 0.2) is 0 Å². The monoisotopic (exact) mass is 272 g/mol. The molecule has 1 saturated heterocycles. The van der Waals surface area contributed by atoms with Gasteiger partial charge in [0.2, 0.25) is 5.28 Å². The van der Waals surface area contributed by atoms with Crippen molar-refractivity contribution in [1.29, 1.82) is 5.26 Å². The molecular formula is C10H10Cl2N4O. The summed E-state index contributed by atoms with van der Waals surface area (Å²) in [6.07, 6.45) is 2.12. The van der Waals surface area contributed by atoms with Gasteiger partial charge in [-0.25, -0.2) is 4.98 Å². The summed E-state index contributed by atoms with van der Waals surface area (Å²) in [4.78, 5) is 7.74. The van der Waals surface area contributed by atoms with Gasteiger partial charge in [-0.1, -0.05) is 11.6 Å². The first-order valence-corrected chi connectivity index (χ1v) is 5.88. The van der Waals surface area contributed by atoms with Crippen molar-refractivity contribution in [3.05, 3.63) is 16.5 Å². The van der Waals surface area contributed by atoms with Crippen LogP contribution in [0.3, 0.4) is 0 Å². The molecule has 0 bridgehead atoms. The fourth-order valence-electron chi connectivity index (χ4n) is 1.66. The van der Waals surface area contributed by atoms with Crippen LogP contribution in [0.15, 0.2) is 6.20 Å². The summed E-state index contributed by atoms with van der Waals surface area (Å²) in [5, 5.41) is 12.6. The SMILES string of the molecule is N#C[C@H]1CCOC[C@@H]1Nc1nc(Cl)ncc1Cl. The second-order valence-corrected chi connectivity index (χ2v) is 4.43. The van der Waals surface area contributed by atoms with Gasteiger partial charge in [-0.15, -0.1) is 0 Å². The molecule has 2 atom stereocenters. The molecule has 2 rings (SSSR count). The van der Waals surface area contributed by atoms with E-state index in [2.05, 4.69) is 21.4 Å². The number of rotatable bonds is 2. The molecule has 1 aliphatic heterocycles. The van der Waals surface area contributed by atoms with Gasteiger partial charge < -0.3 is 10.1 Å². The Bertz CT molecular complexity index is 448. The zero-order valence-corrected chi connectivity index (χ0v) is 10.4. The molecule has 1 fully saturated rings. The van der Waals surface area contributed by atoms with E-state index < -0.39 is 0 Å². The molecule has 0 radical (unpaired) electrons. The smallest absolute Gasteiger partial charge is 0.224 e. The molecule has 2 heterocycles. The maximum absolute atomic E-state index is 9.03. The third-order valence-electron chi connectivity index (χ3n) is 2.56. The lowest BCUT2D eigenvalue weighted by Crippen LogP contribution is -2.38. The van der Waals surface area contributed by atoms with E-state index in [9.17, 15) is 0 Å². The van der Waals surface area contributed by atoms with E-state index in [4.69, 9.17) is 33.2 Å². The number of halogens is 2. The number of hydrogen-bond acceptors (Lipinski definition) is 5. The lowest BCUT2D eigenvalue weighted by atomic mass is 9.96. The standard InChI is InChI=1S/C10H10Cl2N4O/c11-7-4-14-10(12)16-9(7)15-8-5-17-2-1-6(8)3-13/h4,6,8H,1-2,5H2,(H,14,15,16)/t6-,8+/m1/s1. The number of aromatic nitrogens is 2. The third-order valence-corrected chi connectivity index (χ3v) is 3.02. The van der Waals surface area contributed by atoms with Gasteiger partial charge >= 0.3 is 0 Å². The Kier molecular flexibility index (Phi) is 4.00. The Morgan fingerprint density at radius 3 is 3.12 bits per heavy atom. The van der Waals surface area contributed by atoms with Crippen LogP contribution in [0.5, 0.6) is 0 Å². The molecule has 1 aliphatic rings. The second-order valence-electron chi connectivity index (χ2n) is 3.69. The number of nitrogens with zero attached hydrogens (tertiary/aromatic N) is 3. The predicted molar refractivity (Wildman–Crippen MR) is 64.0 cm³/mol. The van der Waals surface area contributed by atoms with Crippen LogP contribution in [0.4, 0.5) is 5.82 Å².